The molecule has 0 saturated heterocycles. The molecule has 0 amide bonds. The molecular formula is C22H21ClN4O3S2. The molecule has 0 radical (unpaired) electrons. The minimum Gasteiger partial charge on any atom is -0.315 e. The van der Waals surface area contributed by atoms with Crippen molar-refractivity contribution in [3.63, 3.8) is 0 Å². The minimum absolute atomic E-state index is 0.0229. The van der Waals surface area contributed by atoms with Crippen molar-refractivity contribution in [2.24, 2.45) is 0 Å². The zero-order valence-corrected chi connectivity index (χ0v) is 19.8. The Balaban J connectivity index is 1.70. The second-order valence-electron chi connectivity index (χ2n) is 7.35. The Morgan fingerprint density at radius 3 is 2.44 bits per heavy atom. The summed E-state index contributed by atoms with van der Waals surface area (Å²) in [6, 6.07) is 17.1. The maximum absolute atomic E-state index is 13.1. The average molecular weight is 489 g/mol. The van der Waals surface area contributed by atoms with E-state index in [2.05, 4.69) is 4.98 Å². The summed E-state index contributed by atoms with van der Waals surface area (Å²) in [6.07, 6.45) is 1.84. The minimum atomic E-state index is -3.84. The maximum atomic E-state index is 13.1. The van der Waals surface area contributed by atoms with Crippen molar-refractivity contribution in [1.82, 2.24) is 19.1 Å². The first-order valence-corrected chi connectivity index (χ1v) is 12.4. The van der Waals surface area contributed by atoms with Crippen LogP contribution in [0.1, 0.15) is 16.8 Å². The number of hydrogen-bond acceptors (Lipinski definition) is 5. The molecule has 0 saturated carbocycles. The average Bonchev–Trinajstić information content (AvgIpc) is 3.32. The number of aryl methyl sites for hydroxylation is 1. The Labute approximate surface area is 195 Å². The summed E-state index contributed by atoms with van der Waals surface area (Å²) in [5.74, 6) is 0. The summed E-state index contributed by atoms with van der Waals surface area (Å²) in [5, 5.41) is 5.37. The van der Waals surface area contributed by atoms with Gasteiger partial charge in [-0.2, -0.15) is 9.40 Å². The molecular weight excluding hydrogens is 468 g/mol. The van der Waals surface area contributed by atoms with Crippen LogP contribution in [0.3, 0.4) is 0 Å². The predicted octanol–water partition coefficient (Wildman–Crippen LogP) is 4.13. The van der Waals surface area contributed by atoms with Gasteiger partial charge in [-0.25, -0.2) is 8.42 Å². The number of thiazole rings is 1. The van der Waals surface area contributed by atoms with Gasteiger partial charge in [-0.15, -0.1) is 0 Å². The third-order valence-electron chi connectivity index (χ3n) is 4.99. The van der Waals surface area contributed by atoms with Gasteiger partial charge in [-0.1, -0.05) is 71.5 Å². The van der Waals surface area contributed by atoms with Gasteiger partial charge in [-0.05, 0) is 18.6 Å². The quantitative estimate of drug-likeness (QED) is 0.423. The van der Waals surface area contributed by atoms with Crippen LogP contribution in [0.5, 0.6) is 0 Å². The largest absolute Gasteiger partial charge is 0.315 e. The molecule has 4 aromatic rings. The number of aromatic nitrogens is 3. The Hall–Kier alpha value is -2.72. The monoisotopic (exact) mass is 488 g/mol. The summed E-state index contributed by atoms with van der Waals surface area (Å²) in [6.45, 7) is 2.13. The van der Waals surface area contributed by atoms with E-state index in [9.17, 15) is 13.2 Å². The van der Waals surface area contributed by atoms with Crippen LogP contribution >= 0.6 is 22.9 Å². The van der Waals surface area contributed by atoms with Gasteiger partial charge in [0.25, 0.3) is 10.0 Å². The van der Waals surface area contributed by atoms with Crippen molar-refractivity contribution in [3.05, 3.63) is 92.3 Å². The SMILES string of the molecule is Cc1[nH]c(=O)sc1S(=O)(=O)N(C)Cc1cn(Cc2ccccc2Cl)nc1-c1ccccc1. The number of hydrogen-bond donors (Lipinski definition) is 1. The molecule has 0 aliphatic heterocycles. The van der Waals surface area contributed by atoms with Crippen LogP contribution in [0.2, 0.25) is 5.02 Å². The molecule has 2 aromatic carbocycles. The molecule has 0 bridgehead atoms. The second kappa shape index (κ2) is 9.03. The maximum Gasteiger partial charge on any atom is 0.305 e. The summed E-state index contributed by atoms with van der Waals surface area (Å²) < 4.78 is 29.2. The van der Waals surface area contributed by atoms with Crippen LogP contribution in [0.15, 0.2) is 69.8 Å². The molecule has 0 aliphatic rings. The molecule has 166 valence electrons. The van der Waals surface area contributed by atoms with Crippen LogP contribution in [0.25, 0.3) is 11.3 Å². The van der Waals surface area contributed by atoms with Crippen molar-refractivity contribution >= 4 is 33.0 Å². The predicted molar refractivity (Wildman–Crippen MR) is 127 cm³/mol. The highest BCUT2D eigenvalue weighted by Gasteiger charge is 2.27. The van der Waals surface area contributed by atoms with Crippen molar-refractivity contribution < 1.29 is 8.42 Å². The topological polar surface area (TPSA) is 88.1 Å². The molecule has 0 unspecified atom stereocenters. The van der Waals surface area contributed by atoms with Crippen LogP contribution in [-0.2, 0) is 23.1 Å². The zero-order chi connectivity index (χ0) is 22.9. The van der Waals surface area contributed by atoms with Gasteiger partial charge >= 0.3 is 4.87 Å². The fourth-order valence-electron chi connectivity index (χ4n) is 3.40. The summed E-state index contributed by atoms with van der Waals surface area (Å²) in [7, 11) is -2.34. The highest BCUT2D eigenvalue weighted by molar-refractivity contribution is 7.91. The number of H-pyrrole nitrogens is 1. The first kappa shape index (κ1) is 22.5. The molecule has 7 nitrogen and oxygen atoms in total. The Morgan fingerprint density at radius 1 is 1.09 bits per heavy atom. The normalized spacial score (nSPS) is 11.9. The lowest BCUT2D eigenvalue weighted by Gasteiger charge is -2.16. The molecule has 2 aromatic heterocycles. The Kier molecular flexibility index (Phi) is 6.34. The Bertz CT molecular complexity index is 1410. The fourth-order valence-corrected chi connectivity index (χ4v) is 6.23. The van der Waals surface area contributed by atoms with Gasteiger partial charge < -0.3 is 4.98 Å². The lowest BCUT2D eigenvalue weighted by Crippen LogP contribution is -2.26. The van der Waals surface area contributed by atoms with E-state index < -0.39 is 14.9 Å². The lowest BCUT2D eigenvalue weighted by molar-refractivity contribution is 0.468. The molecule has 2 heterocycles. The van der Waals surface area contributed by atoms with Gasteiger partial charge in [-0.3, -0.25) is 9.48 Å². The van der Waals surface area contributed by atoms with Crippen molar-refractivity contribution in [1.29, 1.82) is 0 Å². The van der Waals surface area contributed by atoms with Crippen LogP contribution < -0.4 is 4.87 Å². The van der Waals surface area contributed by atoms with Gasteiger partial charge in [0.1, 0.15) is 0 Å². The third-order valence-corrected chi connectivity index (χ3v) is 8.75. The standard InChI is InChI=1S/C22H21ClN4O3S2/c1-15-21(31-22(28)24-15)32(29,30)26(2)12-18-14-27(13-17-10-6-7-11-19(17)23)25-20(18)16-8-4-3-5-9-16/h3-11,14H,12-13H2,1-2H3,(H,24,28). The summed E-state index contributed by atoms with van der Waals surface area (Å²) >= 11 is 7.00. The van der Waals surface area contributed by atoms with Crippen LogP contribution in [0.4, 0.5) is 0 Å². The van der Waals surface area contributed by atoms with E-state index in [0.717, 1.165) is 16.7 Å². The number of sulfonamides is 1. The molecule has 32 heavy (non-hydrogen) atoms. The number of halogens is 1. The van der Waals surface area contributed by atoms with Crippen molar-refractivity contribution in [2.75, 3.05) is 7.05 Å². The van der Waals surface area contributed by atoms with Crippen LogP contribution in [-0.4, -0.2) is 34.5 Å². The van der Waals surface area contributed by atoms with E-state index in [1.54, 1.807) is 11.6 Å². The Morgan fingerprint density at radius 2 is 1.78 bits per heavy atom. The first-order valence-electron chi connectivity index (χ1n) is 9.77. The van der Waals surface area contributed by atoms with E-state index in [-0.39, 0.29) is 10.8 Å². The summed E-state index contributed by atoms with van der Waals surface area (Å²) in [5.41, 5.74) is 3.57. The van der Waals surface area contributed by atoms with Gasteiger partial charge in [0.05, 0.1) is 12.2 Å². The number of rotatable bonds is 7. The number of nitrogens with one attached hydrogen (secondary N) is 1. The van der Waals surface area contributed by atoms with E-state index in [0.29, 0.717) is 34.3 Å². The summed E-state index contributed by atoms with van der Waals surface area (Å²) in [4.78, 5) is 13.8. The number of aromatic amines is 1. The van der Waals surface area contributed by atoms with Gasteiger partial charge in [0, 0.05) is 41.6 Å². The van der Waals surface area contributed by atoms with E-state index in [1.165, 1.54) is 11.4 Å². The number of nitrogens with zero attached hydrogens (tertiary/aromatic N) is 3. The number of benzene rings is 2. The zero-order valence-electron chi connectivity index (χ0n) is 17.4. The molecule has 10 heteroatoms. The van der Waals surface area contributed by atoms with Gasteiger partial charge in [0.2, 0.25) is 0 Å². The molecule has 0 aliphatic carbocycles. The van der Waals surface area contributed by atoms with E-state index in [1.807, 2.05) is 60.8 Å². The lowest BCUT2D eigenvalue weighted by atomic mass is 10.1. The van der Waals surface area contributed by atoms with Gasteiger partial charge in [0.15, 0.2) is 4.21 Å². The van der Waals surface area contributed by atoms with Crippen molar-refractivity contribution in [2.45, 2.75) is 24.2 Å². The fraction of sp³-hybridized carbons (Fsp3) is 0.182. The smallest absolute Gasteiger partial charge is 0.305 e. The van der Waals surface area contributed by atoms with Crippen LogP contribution in [0, 0.1) is 6.92 Å². The highest BCUT2D eigenvalue weighted by atomic mass is 35.5. The van der Waals surface area contributed by atoms with E-state index in [4.69, 9.17) is 16.7 Å². The third kappa shape index (κ3) is 4.56. The molecule has 0 spiro atoms. The highest BCUT2D eigenvalue weighted by Crippen LogP contribution is 2.27. The second-order valence-corrected chi connectivity index (χ2v) is 11.0. The van der Waals surface area contributed by atoms with Crippen molar-refractivity contribution in [3.8, 4) is 11.3 Å². The molecule has 0 fully saturated rings. The molecule has 0 atom stereocenters. The molecule has 1 N–H and O–H groups in total. The molecule has 4 rings (SSSR count). The first-order chi connectivity index (χ1) is 15.3. The van der Waals surface area contributed by atoms with E-state index >= 15 is 0 Å².